The van der Waals surface area contributed by atoms with Gasteiger partial charge in [0.05, 0.1) is 5.69 Å². The van der Waals surface area contributed by atoms with Gasteiger partial charge in [0, 0.05) is 30.3 Å². The van der Waals surface area contributed by atoms with Gasteiger partial charge in [-0.3, -0.25) is 4.79 Å². The fourth-order valence-electron chi connectivity index (χ4n) is 3.92. The molecule has 6 heteroatoms. The zero-order chi connectivity index (χ0) is 16.1. The minimum atomic E-state index is 0.0735. The summed E-state index contributed by atoms with van der Waals surface area (Å²) < 4.78 is 1.66. The van der Waals surface area contributed by atoms with E-state index in [4.69, 9.17) is 0 Å². The highest BCUT2D eigenvalue weighted by molar-refractivity contribution is 5.92. The Hall–Kier alpha value is -2.50. The van der Waals surface area contributed by atoms with E-state index in [1.807, 2.05) is 6.07 Å². The Kier molecular flexibility index (Phi) is 3.04. The summed E-state index contributed by atoms with van der Waals surface area (Å²) in [6.07, 6.45) is 12.2. The van der Waals surface area contributed by atoms with Gasteiger partial charge < -0.3 is 5.32 Å². The van der Waals surface area contributed by atoms with Crippen molar-refractivity contribution < 1.29 is 4.79 Å². The molecule has 122 valence electrons. The molecule has 2 bridgehead atoms. The SMILES string of the molecule is O=C(Nc1cc(C2CC2)nn1-c1ncccn1)[C@H]1C[C@H]2C=C[C@H]1C2. The van der Waals surface area contributed by atoms with E-state index < -0.39 is 0 Å². The lowest BCUT2D eigenvalue weighted by Gasteiger charge is -2.17. The number of allylic oxidation sites excluding steroid dienone is 2. The van der Waals surface area contributed by atoms with Crippen molar-refractivity contribution in [1.82, 2.24) is 19.7 Å². The molecule has 0 radical (unpaired) electrons. The summed E-state index contributed by atoms with van der Waals surface area (Å²) in [6, 6.07) is 3.75. The number of carbonyl (C=O) groups is 1. The van der Waals surface area contributed by atoms with Crippen LogP contribution in [0.5, 0.6) is 0 Å². The Balaban J connectivity index is 1.44. The Bertz CT molecular complexity index is 808. The van der Waals surface area contributed by atoms with Gasteiger partial charge in [-0.1, -0.05) is 12.2 Å². The van der Waals surface area contributed by atoms with Gasteiger partial charge >= 0.3 is 0 Å². The van der Waals surface area contributed by atoms with Gasteiger partial charge in [0.2, 0.25) is 5.91 Å². The van der Waals surface area contributed by atoms with Crippen molar-refractivity contribution in [2.45, 2.75) is 31.6 Å². The quantitative estimate of drug-likeness (QED) is 0.879. The Labute approximate surface area is 140 Å². The van der Waals surface area contributed by atoms with Crippen LogP contribution in [0.1, 0.15) is 37.3 Å². The number of hydrogen-bond donors (Lipinski definition) is 1. The van der Waals surface area contributed by atoms with E-state index in [0.717, 1.165) is 31.4 Å². The topological polar surface area (TPSA) is 72.7 Å². The number of nitrogens with one attached hydrogen (secondary N) is 1. The normalized spacial score (nSPS) is 27.6. The molecule has 6 nitrogen and oxygen atoms in total. The third kappa shape index (κ3) is 2.33. The molecular weight excluding hydrogens is 302 g/mol. The minimum Gasteiger partial charge on any atom is -0.310 e. The van der Waals surface area contributed by atoms with Crippen LogP contribution in [0.25, 0.3) is 5.95 Å². The highest BCUT2D eigenvalue weighted by atomic mass is 16.2. The van der Waals surface area contributed by atoms with Gasteiger partial charge in [-0.2, -0.15) is 9.78 Å². The molecule has 2 heterocycles. The maximum atomic E-state index is 12.8. The molecular formula is C18H19N5O. The van der Waals surface area contributed by atoms with Gasteiger partial charge in [0.15, 0.2) is 0 Å². The molecule has 0 spiro atoms. The number of hydrogen-bond acceptors (Lipinski definition) is 4. The highest BCUT2D eigenvalue weighted by Gasteiger charge is 2.40. The number of anilines is 1. The molecule has 0 aliphatic heterocycles. The van der Waals surface area contributed by atoms with Crippen LogP contribution in [0.3, 0.4) is 0 Å². The maximum Gasteiger partial charge on any atom is 0.252 e. The summed E-state index contributed by atoms with van der Waals surface area (Å²) in [6.45, 7) is 0. The van der Waals surface area contributed by atoms with Crippen molar-refractivity contribution in [1.29, 1.82) is 0 Å². The van der Waals surface area contributed by atoms with Gasteiger partial charge in [-0.15, -0.1) is 0 Å². The van der Waals surface area contributed by atoms with Gasteiger partial charge in [0.25, 0.3) is 5.95 Å². The first-order valence-electron chi connectivity index (χ1n) is 8.64. The number of fused-ring (bicyclic) bond motifs is 2. The summed E-state index contributed by atoms with van der Waals surface area (Å²) in [5.74, 6) is 2.82. The van der Waals surface area contributed by atoms with E-state index in [-0.39, 0.29) is 11.8 Å². The second-order valence-electron chi connectivity index (χ2n) is 7.07. The average molecular weight is 321 g/mol. The van der Waals surface area contributed by atoms with E-state index >= 15 is 0 Å². The first-order valence-corrected chi connectivity index (χ1v) is 8.64. The predicted molar refractivity (Wildman–Crippen MR) is 88.6 cm³/mol. The summed E-state index contributed by atoms with van der Waals surface area (Å²) >= 11 is 0. The monoisotopic (exact) mass is 321 g/mol. The van der Waals surface area contributed by atoms with Crippen LogP contribution in [0.2, 0.25) is 0 Å². The second-order valence-corrected chi connectivity index (χ2v) is 7.07. The molecule has 3 aliphatic carbocycles. The lowest BCUT2D eigenvalue weighted by Crippen LogP contribution is -2.27. The molecule has 2 aromatic rings. The molecule has 3 aliphatic rings. The first-order chi connectivity index (χ1) is 11.8. The summed E-state index contributed by atoms with van der Waals surface area (Å²) in [5.41, 5.74) is 1.02. The lowest BCUT2D eigenvalue weighted by molar-refractivity contribution is -0.120. The van der Waals surface area contributed by atoms with Crippen LogP contribution in [-0.2, 0) is 4.79 Å². The van der Waals surface area contributed by atoms with Crippen molar-refractivity contribution in [3.63, 3.8) is 0 Å². The molecule has 2 saturated carbocycles. The van der Waals surface area contributed by atoms with E-state index in [1.165, 1.54) is 0 Å². The zero-order valence-corrected chi connectivity index (χ0v) is 13.3. The average Bonchev–Trinajstić information content (AvgIpc) is 3.05. The van der Waals surface area contributed by atoms with E-state index in [2.05, 4.69) is 32.5 Å². The van der Waals surface area contributed by atoms with Crippen LogP contribution in [0, 0.1) is 17.8 Å². The van der Waals surface area contributed by atoms with E-state index in [0.29, 0.717) is 29.5 Å². The third-order valence-corrected chi connectivity index (χ3v) is 5.33. The maximum absolute atomic E-state index is 12.8. The van der Waals surface area contributed by atoms with E-state index in [9.17, 15) is 4.79 Å². The Morgan fingerprint density at radius 2 is 2.00 bits per heavy atom. The molecule has 2 fully saturated rings. The van der Waals surface area contributed by atoms with Crippen molar-refractivity contribution in [3.8, 4) is 5.95 Å². The smallest absolute Gasteiger partial charge is 0.252 e. The van der Waals surface area contributed by atoms with Crippen LogP contribution in [0.15, 0.2) is 36.7 Å². The molecule has 1 amide bonds. The van der Waals surface area contributed by atoms with Crippen molar-refractivity contribution in [3.05, 3.63) is 42.4 Å². The zero-order valence-electron chi connectivity index (χ0n) is 13.3. The molecule has 24 heavy (non-hydrogen) atoms. The minimum absolute atomic E-state index is 0.0735. The first kappa shape index (κ1) is 13.9. The standard InChI is InChI=1S/C18H19N5O/c24-17(14-9-11-2-3-13(14)8-11)21-16-10-15(12-4-5-12)22-23(16)18-19-6-1-7-20-18/h1-3,6-7,10-14H,4-5,8-9H2,(H,21,24)/t11-,13-,14-/m0/s1. The second kappa shape index (κ2) is 5.26. The molecule has 2 aromatic heterocycles. The number of aromatic nitrogens is 4. The van der Waals surface area contributed by atoms with Crippen molar-refractivity contribution in [2.24, 2.45) is 17.8 Å². The number of nitrogens with zero attached hydrogens (tertiary/aromatic N) is 4. The molecule has 1 N–H and O–H groups in total. The van der Waals surface area contributed by atoms with Crippen molar-refractivity contribution in [2.75, 3.05) is 5.32 Å². The van der Waals surface area contributed by atoms with Gasteiger partial charge in [0.1, 0.15) is 5.82 Å². The Morgan fingerprint density at radius 3 is 2.67 bits per heavy atom. The highest BCUT2D eigenvalue weighted by Crippen LogP contribution is 2.44. The largest absolute Gasteiger partial charge is 0.310 e. The predicted octanol–water partition coefficient (Wildman–Crippen LogP) is 2.69. The number of rotatable bonds is 4. The Morgan fingerprint density at radius 1 is 1.17 bits per heavy atom. The fraction of sp³-hybridized carbons (Fsp3) is 0.444. The van der Waals surface area contributed by atoms with Gasteiger partial charge in [-0.25, -0.2) is 9.97 Å². The van der Waals surface area contributed by atoms with Gasteiger partial charge in [-0.05, 0) is 43.6 Å². The molecule has 0 unspecified atom stereocenters. The van der Waals surface area contributed by atoms with Crippen molar-refractivity contribution >= 4 is 11.7 Å². The molecule has 0 aromatic carbocycles. The van der Waals surface area contributed by atoms with E-state index in [1.54, 1.807) is 23.1 Å². The fourth-order valence-corrected chi connectivity index (χ4v) is 3.92. The third-order valence-electron chi connectivity index (χ3n) is 5.33. The summed E-state index contributed by atoms with van der Waals surface area (Å²) in [5, 5.41) is 7.72. The molecule has 3 atom stereocenters. The molecule has 0 saturated heterocycles. The lowest BCUT2D eigenvalue weighted by atomic mass is 9.93. The number of carbonyl (C=O) groups excluding carboxylic acids is 1. The van der Waals surface area contributed by atoms with Crippen LogP contribution in [-0.4, -0.2) is 25.7 Å². The van der Waals surface area contributed by atoms with Crippen LogP contribution >= 0.6 is 0 Å². The molecule has 5 rings (SSSR count). The number of amides is 1. The summed E-state index contributed by atoms with van der Waals surface area (Å²) in [4.78, 5) is 21.3. The van der Waals surface area contributed by atoms with Crippen LogP contribution in [0.4, 0.5) is 5.82 Å². The van der Waals surface area contributed by atoms with Crippen LogP contribution < -0.4 is 5.32 Å². The summed E-state index contributed by atoms with van der Waals surface area (Å²) in [7, 11) is 0.